The third-order valence-electron chi connectivity index (χ3n) is 3.16. The maximum Gasteiger partial charge on any atom is 0.252 e. The summed E-state index contributed by atoms with van der Waals surface area (Å²) in [5.41, 5.74) is 0. The lowest BCUT2D eigenvalue weighted by atomic mass is 10.0. The summed E-state index contributed by atoms with van der Waals surface area (Å²) >= 11 is 10.3. The Morgan fingerprint density at radius 2 is 2.33 bits per heavy atom. The van der Waals surface area contributed by atoms with Gasteiger partial charge < -0.3 is 0 Å². The first-order valence-corrected chi connectivity index (χ1v) is 9.33. The van der Waals surface area contributed by atoms with E-state index in [9.17, 15) is 8.42 Å². The van der Waals surface area contributed by atoms with Crippen LogP contribution in [0.4, 0.5) is 0 Å². The third kappa shape index (κ3) is 2.93. The maximum atomic E-state index is 12.4. The van der Waals surface area contributed by atoms with E-state index in [1.165, 1.54) is 17.4 Å². The quantitative estimate of drug-likeness (QED) is 0.802. The van der Waals surface area contributed by atoms with Gasteiger partial charge in [0, 0.05) is 13.1 Å². The molecule has 1 aromatic heterocycles. The first-order chi connectivity index (χ1) is 8.45. The van der Waals surface area contributed by atoms with Crippen molar-refractivity contribution < 1.29 is 8.42 Å². The molecule has 18 heavy (non-hydrogen) atoms. The highest BCUT2D eigenvalue weighted by molar-refractivity contribution is 9.11. The average molecular weight is 373 g/mol. The summed E-state index contributed by atoms with van der Waals surface area (Å²) in [5.74, 6) is 0.503. The van der Waals surface area contributed by atoms with Crippen LogP contribution < -0.4 is 0 Å². The summed E-state index contributed by atoms with van der Waals surface area (Å²) in [6.45, 7) is 3.40. The second-order valence-corrected chi connectivity index (χ2v) is 9.44. The van der Waals surface area contributed by atoms with E-state index < -0.39 is 10.0 Å². The smallest absolute Gasteiger partial charge is 0.206 e. The first kappa shape index (κ1) is 14.8. The number of thiophene rings is 1. The van der Waals surface area contributed by atoms with Crippen molar-refractivity contribution in [3.63, 3.8) is 0 Å². The molecule has 0 amide bonds. The lowest BCUT2D eigenvalue weighted by Crippen LogP contribution is -2.28. The minimum atomic E-state index is -3.35. The van der Waals surface area contributed by atoms with E-state index in [-0.39, 0.29) is 0 Å². The van der Waals surface area contributed by atoms with Crippen LogP contribution in [-0.2, 0) is 10.0 Å². The first-order valence-electron chi connectivity index (χ1n) is 5.90. The van der Waals surface area contributed by atoms with Crippen LogP contribution in [0.2, 0.25) is 5.02 Å². The number of hydrogen-bond acceptors (Lipinski definition) is 3. The number of rotatable bonds is 4. The normalized spacial score (nSPS) is 21.6. The van der Waals surface area contributed by atoms with Gasteiger partial charge in [0.05, 0.1) is 8.81 Å². The molecule has 1 fully saturated rings. The number of sulfonamides is 1. The topological polar surface area (TPSA) is 37.4 Å². The molecular formula is C11H15BrClNO2S2. The van der Waals surface area contributed by atoms with Gasteiger partial charge in [-0.3, -0.25) is 0 Å². The average Bonchev–Trinajstić information content (AvgIpc) is 2.88. The van der Waals surface area contributed by atoms with Crippen molar-refractivity contribution in [2.75, 3.05) is 13.1 Å². The predicted molar refractivity (Wildman–Crippen MR) is 78.8 cm³/mol. The van der Waals surface area contributed by atoms with Crippen LogP contribution in [0.3, 0.4) is 0 Å². The zero-order chi connectivity index (χ0) is 13.3. The Bertz CT molecular complexity index is 510. The number of halogens is 2. The molecule has 0 spiro atoms. The van der Waals surface area contributed by atoms with Crippen LogP contribution in [0.25, 0.3) is 0 Å². The standard InChI is InChI=1S/C11H15BrClNO2S2/c1-2-3-8-4-5-14(7-8)18(15,16)10-6-9(13)11(12)17-10/h6,8H,2-5,7H2,1H3. The van der Waals surface area contributed by atoms with E-state index >= 15 is 0 Å². The van der Waals surface area contributed by atoms with Gasteiger partial charge in [0.15, 0.2) is 0 Å². The molecule has 0 aromatic carbocycles. The van der Waals surface area contributed by atoms with Crippen molar-refractivity contribution in [3.05, 3.63) is 14.9 Å². The minimum Gasteiger partial charge on any atom is -0.206 e. The summed E-state index contributed by atoms with van der Waals surface area (Å²) in [4.78, 5) is 0. The number of nitrogens with zero attached hydrogens (tertiary/aromatic N) is 1. The molecule has 0 bridgehead atoms. The van der Waals surface area contributed by atoms with Gasteiger partial charge in [0.2, 0.25) is 0 Å². The molecule has 1 unspecified atom stereocenters. The molecule has 1 aromatic rings. The molecule has 7 heteroatoms. The minimum absolute atomic E-state index is 0.330. The van der Waals surface area contributed by atoms with Gasteiger partial charge in [0.25, 0.3) is 10.0 Å². The van der Waals surface area contributed by atoms with Crippen molar-refractivity contribution in [3.8, 4) is 0 Å². The van der Waals surface area contributed by atoms with Crippen LogP contribution in [0.1, 0.15) is 26.2 Å². The zero-order valence-electron chi connectivity index (χ0n) is 10.0. The molecule has 0 N–H and O–H groups in total. The molecule has 0 radical (unpaired) electrons. The van der Waals surface area contributed by atoms with Gasteiger partial charge in [-0.05, 0) is 40.8 Å². The van der Waals surface area contributed by atoms with Crippen LogP contribution in [0.15, 0.2) is 14.1 Å². The van der Waals surface area contributed by atoms with E-state index in [0.717, 1.165) is 19.3 Å². The second-order valence-electron chi connectivity index (χ2n) is 4.49. The summed E-state index contributed by atoms with van der Waals surface area (Å²) in [6, 6.07) is 1.53. The lowest BCUT2D eigenvalue weighted by molar-refractivity contribution is 0.446. The third-order valence-corrected chi connectivity index (χ3v) is 7.95. The molecule has 1 aliphatic rings. The fourth-order valence-electron chi connectivity index (χ4n) is 2.24. The summed E-state index contributed by atoms with van der Waals surface area (Å²) in [6.07, 6.45) is 3.17. The van der Waals surface area contributed by atoms with E-state index in [4.69, 9.17) is 11.6 Å². The molecule has 1 saturated heterocycles. The van der Waals surface area contributed by atoms with Crippen LogP contribution in [-0.4, -0.2) is 25.8 Å². The van der Waals surface area contributed by atoms with E-state index in [0.29, 0.717) is 32.0 Å². The maximum absolute atomic E-state index is 12.4. The van der Waals surface area contributed by atoms with Crippen LogP contribution in [0.5, 0.6) is 0 Å². The molecule has 0 saturated carbocycles. The summed E-state index contributed by atoms with van der Waals surface area (Å²) in [5, 5.41) is 0.461. The Balaban J connectivity index is 2.17. The van der Waals surface area contributed by atoms with E-state index in [1.54, 1.807) is 4.31 Å². The Morgan fingerprint density at radius 1 is 1.61 bits per heavy atom. The van der Waals surface area contributed by atoms with Crippen molar-refractivity contribution in [2.45, 2.75) is 30.4 Å². The van der Waals surface area contributed by atoms with Gasteiger partial charge >= 0.3 is 0 Å². The molecule has 2 heterocycles. The Morgan fingerprint density at radius 3 is 2.89 bits per heavy atom. The molecule has 3 nitrogen and oxygen atoms in total. The largest absolute Gasteiger partial charge is 0.252 e. The van der Waals surface area contributed by atoms with Crippen molar-refractivity contribution in [2.24, 2.45) is 5.92 Å². The Hall–Kier alpha value is 0.380. The molecule has 1 aliphatic heterocycles. The Kier molecular flexibility index (Phi) is 4.75. The monoisotopic (exact) mass is 371 g/mol. The lowest BCUT2D eigenvalue weighted by Gasteiger charge is -2.15. The molecule has 2 rings (SSSR count). The Labute approximate surface area is 125 Å². The van der Waals surface area contributed by atoms with Crippen LogP contribution in [0, 0.1) is 5.92 Å². The summed E-state index contributed by atoms with van der Waals surface area (Å²) in [7, 11) is -3.35. The molecule has 0 aliphatic carbocycles. The summed E-state index contributed by atoms with van der Waals surface area (Å²) < 4.78 is 27.4. The van der Waals surface area contributed by atoms with Crippen molar-refractivity contribution in [1.29, 1.82) is 0 Å². The van der Waals surface area contributed by atoms with Gasteiger partial charge in [-0.2, -0.15) is 4.31 Å². The molecule has 1 atom stereocenters. The SMILES string of the molecule is CCCC1CCN(S(=O)(=O)c2cc(Cl)c(Br)s2)C1. The fraction of sp³-hybridized carbons (Fsp3) is 0.636. The highest BCUT2D eigenvalue weighted by atomic mass is 79.9. The van der Waals surface area contributed by atoms with Gasteiger partial charge in [0.1, 0.15) is 4.21 Å². The zero-order valence-corrected chi connectivity index (χ0v) is 14.0. The van der Waals surface area contributed by atoms with E-state index in [2.05, 4.69) is 22.9 Å². The second kappa shape index (κ2) is 5.79. The molecular weight excluding hydrogens is 358 g/mol. The number of hydrogen-bond donors (Lipinski definition) is 0. The molecule has 102 valence electrons. The predicted octanol–water partition coefficient (Wildman–Crippen LogP) is 3.97. The van der Waals surface area contributed by atoms with Gasteiger partial charge in [-0.1, -0.05) is 24.9 Å². The van der Waals surface area contributed by atoms with Crippen molar-refractivity contribution in [1.82, 2.24) is 4.31 Å². The van der Waals surface area contributed by atoms with Gasteiger partial charge in [-0.15, -0.1) is 11.3 Å². The van der Waals surface area contributed by atoms with Crippen molar-refractivity contribution >= 4 is 48.9 Å². The van der Waals surface area contributed by atoms with Crippen LogP contribution >= 0.6 is 38.9 Å². The van der Waals surface area contributed by atoms with E-state index in [1.807, 2.05) is 0 Å². The van der Waals surface area contributed by atoms with Gasteiger partial charge in [-0.25, -0.2) is 8.42 Å². The fourth-order valence-corrected chi connectivity index (χ4v) is 6.33. The highest BCUT2D eigenvalue weighted by Crippen LogP contribution is 2.37. The highest BCUT2D eigenvalue weighted by Gasteiger charge is 2.33.